The smallest absolute Gasteiger partial charge is 0.265 e. The third kappa shape index (κ3) is 2.80. The summed E-state index contributed by atoms with van der Waals surface area (Å²) in [6.07, 6.45) is 8.68. The van der Waals surface area contributed by atoms with Crippen molar-refractivity contribution in [1.29, 1.82) is 0 Å². The third-order valence-electron chi connectivity index (χ3n) is 4.58. The normalized spacial score (nSPS) is 24.0. The summed E-state index contributed by atoms with van der Waals surface area (Å²) in [6.45, 7) is 0. The Bertz CT molecular complexity index is 688. The maximum atomic E-state index is 12.2. The van der Waals surface area contributed by atoms with Crippen LogP contribution in [0.25, 0.3) is 0 Å². The molecule has 5 nitrogen and oxygen atoms in total. The van der Waals surface area contributed by atoms with E-state index in [4.69, 9.17) is 0 Å². The highest BCUT2D eigenvalue weighted by atomic mass is 32.1. The summed E-state index contributed by atoms with van der Waals surface area (Å²) in [5, 5.41) is 12.8. The van der Waals surface area contributed by atoms with Crippen molar-refractivity contribution in [3.05, 3.63) is 34.3 Å². The second kappa shape index (κ2) is 5.52. The highest BCUT2D eigenvalue weighted by Crippen LogP contribution is 2.43. The lowest BCUT2D eigenvalue weighted by molar-refractivity contribution is 0.103. The van der Waals surface area contributed by atoms with Gasteiger partial charge in [-0.25, -0.2) is 0 Å². The van der Waals surface area contributed by atoms with E-state index in [-0.39, 0.29) is 5.91 Å². The molecule has 0 spiro atoms. The Hall–Kier alpha value is -1.66. The summed E-state index contributed by atoms with van der Waals surface area (Å²) in [6, 6.07) is 3.40. The van der Waals surface area contributed by atoms with E-state index in [0.717, 1.165) is 16.6 Å². The molecule has 2 atom stereocenters. The van der Waals surface area contributed by atoms with Gasteiger partial charge in [0.25, 0.3) is 5.91 Å². The van der Waals surface area contributed by atoms with E-state index in [0.29, 0.717) is 12.0 Å². The molecule has 2 saturated carbocycles. The van der Waals surface area contributed by atoms with Crippen LogP contribution in [-0.2, 0) is 7.05 Å². The molecule has 2 aliphatic rings. The number of hydrogen-bond acceptors (Lipinski definition) is 4. The number of amides is 1. The average Bonchev–Trinajstić information content (AvgIpc) is 2.84. The number of nitrogens with zero attached hydrogens (tertiary/aromatic N) is 2. The molecule has 0 bridgehead atoms. The van der Waals surface area contributed by atoms with Gasteiger partial charge in [0, 0.05) is 31.2 Å². The molecule has 116 valence electrons. The number of thiophene rings is 1. The number of hydrogen-bond donors (Lipinski definition) is 2. The van der Waals surface area contributed by atoms with Crippen LogP contribution in [0.5, 0.6) is 0 Å². The zero-order valence-corrected chi connectivity index (χ0v) is 13.4. The SMILES string of the molecule is Cn1cc(NC(=O)c2cc(C3C[C@H]3NC3CCC3)cs2)cn1. The van der Waals surface area contributed by atoms with Crippen LogP contribution >= 0.6 is 11.3 Å². The van der Waals surface area contributed by atoms with Gasteiger partial charge >= 0.3 is 0 Å². The molecular weight excluding hydrogens is 296 g/mol. The molecule has 2 heterocycles. The molecule has 0 radical (unpaired) electrons. The molecular formula is C16H20N4OS. The highest BCUT2D eigenvalue weighted by molar-refractivity contribution is 7.12. The lowest BCUT2D eigenvalue weighted by atomic mass is 9.93. The van der Waals surface area contributed by atoms with Crippen LogP contribution in [0, 0.1) is 0 Å². The van der Waals surface area contributed by atoms with Crippen LogP contribution < -0.4 is 10.6 Å². The van der Waals surface area contributed by atoms with Gasteiger partial charge in [-0.05, 0) is 36.3 Å². The van der Waals surface area contributed by atoms with Gasteiger partial charge in [-0.1, -0.05) is 6.42 Å². The summed E-state index contributed by atoms with van der Waals surface area (Å²) >= 11 is 1.53. The first-order chi connectivity index (χ1) is 10.7. The van der Waals surface area contributed by atoms with Crippen molar-refractivity contribution >= 4 is 22.9 Å². The monoisotopic (exact) mass is 316 g/mol. The molecule has 4 rings (SSSR count). The molecule has 1 amide bonds. The molecule has 2 fully saturated rings. The minimum atomic E-state index is -0.0478. The van der Waals surface area contributed by atoms with E-state index >= 15 is 0 Å². The minimum Gasteiger partial charge on any atom is -0.319 e. The van der Waals surface area contributed by atoms with Crippen LogP contribution in [0.4, 0.5) is 5.69 Å². The summed E-state index contributed by atoms with van der Waals surface area (Å²) in [5.74, 6) is 0.546. The van der Waals surface area contributed by atoms with Crippen LogP contribution in [-0.4, -0.2) is 27.8 Å². The first-order valence-electron chi connectivity index (χ1n) is 7.83. The Morgan fingerprint density at radius 2 is 2.32 bits per heavy atom. The van der Waals surface area contributed by atoms with Gasteiger partial charge in [0.05, 0.1) is 16.8 Å². The lowest BCUT2D eigenvalue weighted by Crippen LogP contribution is -2.37. The Kier molecular flexibility index (Phi) is 3.50. The van der Waals surface area contributed by atoms with E-state index < -0.39 is 0 Å². The standard InChI is InChI=1S/C16H20N4OS/c1-20-8-12(7-17-20)19-16(21)15-5-10(9-22-15)13-6-14(13)18-11-3-2-4-11/h5,7-9,11,13-14,18H,2-4,6H2,1H3,(H,19,21)/t13?,14-/m1/s1. The molecule has 2 aromatic rings. The van der Waals surface area contributed by atoms with Crippen molar-refractivity contribution in [2.75, 3.05) is 5.32 Å². The van der Waals surface area contributed by atoms with Crippen LogP contribution in [0.15, 0.2) is 23.8 Å². The number of aryl methyl sites for hydroxylation is 1. The Balaban J connectivity index is 1.36. The summed E-state index contributed by atoms with van der Waals surface area (Å²) < 4.78 is 1.68. The maximum Gasteiger partial charge on any atom is 0.265 e. The fourth-order valence-corrected chi connectivity index (χ4v) is 3.84. The van der Waals surface area contributed by atoms with E-state index in [9.17, 15) is 4.79 Å². The zero-order chi connectivity index (χ0) is 15.1. The summed E-state index contributed by atoms with van der Waals surface area (Å²) in [7, 11) is 1.83. The second-order valence-electron chi connectivity index (χ2n) is 6.34. The predicted octanol–water partition coefficient (Wildman–Crippen LogP) is 2.73. The van der Waals surface area contributed by atoms with Crippen molar-refractivity contribution in [2.24, 2.45) is 7.05 Å². The van der Waals surface area contributed by atoms with Gasteiger partial charge in [-0.2, -0.15) is 5.10 Å². The highest BCUT2D eigenvalue weighted by Gasteiger charge is 2.40. The van der Waals surface area contributed by atoms with Gasteiger partial charge < -0.3 is 10.6 Å². The van der Waals surface area contributed by atoms with E-state index in [1.54, 1.807) is 17.1 Å². The van der Waals surface area contributed by atoms with E-state index in [1.165, 1.54) is 42.6 Å². The summed E-state index contributed by atoms with van der Waals surface area (Å²) in [5.41, 5.74) is 2.04. The first-order valence-corrected chi connectivity index (χ1v) is 8.71. The van der Waals surface area contributed by atoms with Crippen molar-refractivity contribution in [3.8, 4) is 0 Å². The van der Waals surface area contributed by atoms with Gasteiger partial charge in [-0.15, -0.1) is 11.3 Å². The van der Waals surface area contributed by atoms with Gasteiger partial charge in [0.2, 0.25) is 0 Å². The minimum absolute atomic E-state index is 0.0478. The topological polar surface area (TPSA) is 59.0 Å². The lowest BCUT2D eigenvalue weighted by Gasteiger charge is -2.26. The van der Waals surface area contributed by atoms with Crippen molar-refractivity contribution in [3.63, 3.8) is 0 Å². The molecule has 0 saturated heterocycles. The largest absolute Gasteiger partial charge is 0.319 e. The van der Waals surface area contributed by atoms with Crippen LogP contribution in [0.3, 0.4) is 0 Å². The van der Waals surface area contributed by atoms with Crippen molar-refractivity contribution < 1.29 is 4.79 Å². The number of aromatic nitrogens is 2. The quantitative estimate of drug-likeness (QED) is 0.892. The Morgan fingerprint density at radius 3 is 3.00 bits per heavy atom. The van der Waals surface area contributed by atoms with Crippen LogP contribution in [0.2, 0.25) is 0 Å². The maximum absolute atomic E-state index is 12.2. The fraction of sp³-hybridized carbons (Fsp3) is 0.500. The van der Waals surface area contributed by atoms with Crippen molar-refractivity contribution in [1.82, 2.24) is 15.1 Å². The van der Waals surface area contributed by atoms with Crippen LogP contribution in [0.1, 0.15) is 46.8 Å². The first kappa shape index (κ1) is 14.0. The van der Waals surface area contributed by atoms with E-state index in [2.05, 4.69) is 21.1 Å². The molecule has 22 heavy (non-hydrogen) atoms. The number of carbonyl (C=O) groups excluding carboxylic acids is 1. The molecule has 6 heteroatoms. The molecule has 2 aromatic heterocycles. The second-order valence-corrected chi connectivity index (χ2v) is 7.26. The molecule has 1 unspecified atom stereocenters. The fourth-order valence-electron chi connectivity index (χ4n) is 2.97. The molecule has 0 aliphatic heterocycles. The molecule has 2 aliphatic carbocycles. The Labute approximate surface area is 133 Å². The number of nitrogens with one attached hydrogen (secondary N) is 2. The number of anilines is 1. The summed E-state index contributed by atoms with van der Waals surface area (Å²) in [4.78, 5) is 13.0. The predicted molar refractivity (Wildman–Crippen MR) is 87.4 cm³/mol. The zero-order valence-electron chi connectivity index (χ0n) is 12.6. The molecule has 2 N–H and O–H groups in total. The van der Waals surface area contributed by atoms with E-state index in [1.807, 2.05) is 13.1 Å². The van der Waals surface area contributed by atoms with Crippen molar-refractivity contribution in [2.45, 2.75) is 43.7 Å². The average molecular weight is 316 g/mol. The van der Waals surface area contributed by atoms with Gasteiger partial charge in [0.15, 0.2) is 0 Å². The van der Waals surface area contributed by atoms with Gasteiger partial charge in [-0.3, -0.25) is 9.48 Å². The Morgan fingerprint density at radius 1 is 1.45 bits per heavy atom. The number of carbonyl (C=O) groups is 1. The molecule has 0 aromatic carbocycles. The third-order valence-corrected chi connectivity index (χ3v) is 5.53. The van der Waals surface area contributed by atoms with Gasteiger partial charge in [0.1, 0.15) is 0 Å². The number of rotatable bonds is 5.